The van der Waals surface area contributed by atoms with Gasteiger partial charge in [0.15, 0.2) is 0 Å². The average molecular weight is 432 g/mol. The second-order valence-corrected chi connectivity index (χ2v) is 9.47. The fourth-order valence-corrected chi connectivity index (χ4v) is 5.46. The zero-order valence-corrected chi connectivity index (χ0v) is 19.1. The molecule has 1 N–H and O–H groups in total. The second-order valence-electron chi connectivity index (χ2n) is 9.47. The molecule has 1 aromatic carbocycles. The smallest absolute Gasteiger partial charge is 0.255 e. The summed E-state index contributed by atoms with van der Waals surface area (Å²) < 4.78 is 2.36. The average Bonchev–Trinajstić information content (AvgIpc) is 3.24. The molecule has 32 heavy (non-hydrogen) atoms. The number of rotatable bonds is 4. The number of carbonyl (C=O) groups excluding carboxylic acids is 1. The fourth-order valence-electron chi connectivity index (χ4n) is 5.46. The molecule has 2 aliphatic rings. The van der Waals surface area contributed by atoms with E-state index < -0.39 is 0 Å². The number of likely N-dealkylation sites (tertiary alicyclic amines) is 1. The SMILES string of the molecule is CC(C)n1c(C2CCCN(C(=O)c3cccnc3C3CCNCC3)C2)nc2ccccc21. The van der Waals surface area contributed by atoms with Crippen LogP contribution in [0, 0.1) is 0 Å². The second kappa shape index (κ2) is 9.02. The molecule has 1 amide bonds. The van der Waals surface area contributed by atoms with Crippen LogP contribution in [0.2, 0.25) is 0 Å². The van der Waals surface area contributed by atoms with Gasteiger partial charge < -0.3 is 14.8 Å². The van der Waals surface area contributed by atoms with Crippen LogP contribution in [0.1, 0.15) is 79.3 Å². The van der Waals surface area contributed by atoms with E-state index in [1.165, 1.54) is 5.52 Å². The Morgan fingerprint density at radius 1 is 1.06 bits per heavy atom. The monoisotopic (exact) mass is 431 g/mol. The van der Waals surface area contributed by atoms with Gasteiger partial charge in [-0.2, -0.15) is 0 Å². The van der Waals surface area contributed by atoms with E-state index in [9.17, 15) is 4.79 Å². The molecule has 0 saturated carbocycles. The predicted octanol–water partition coefficient (Wildman–Crippen LogP) is 4.50. The molecule has 0 radical (unpaired) electrons. The number of carbonyl (C=O) groups is 1. The lowest BCUT2D eigenvalue weighted by Crippen LogP contribution is -2.40. The molecule has 2 aromatic heterocycles. The van der Waals surface area contributed by atoms with Gasteiger partial charge in [0.1, 0.15) is 5.82 Å². The van der Waals surface area contributed by atoms with Gasteiger partial charge in [-0.15, -0.1) is 0 Å². The van der Waals surface area contributed by atoms with E-state index in [2.05, 4.69) is 46.9 Å². The third kappa shape index (κ3) is 3.92. The lowest BCUT2D eigenvalue weighted by Gasteiger charge is -2.34. The van der Waals surface area contributed by atoms with Crippen LogP contribution < -0.4 is 5.32 Å². The molecular formula is C26H33N5O. The Balaban J connectivity index is 1.43. The summed E-state index contributed by atoms with van der Waals surface area (Å²) in [6, 6.07) is 12.6. The van der Waals surface area contributed by atoms with Crippen LogP contribution in [0.25, 0.3) is 11.0 Å². The summed E-state index contributed by atoms with van der Waals surface area (Å²) in [6.45, 7) is 7.93. The maximum Gasteiger partial charge on any atom is 0.255 e. The van der Waals surface area contributed by atoms with Crippen molar-refractivity contribution >= 4 is 16.9 Å². The molecule has 3 aromatic rings. The minimum atomic E-state index is 0.128. The molecular weight excluding hydrogens is 398 g/mol. The minimum absolute atomic E-state index is 0.128. The number of amides is 1. The molecule has 5 rings (SSSR count). The molecule has 6 nitrogen and oxygen atoms in total. The van der Waals surface area contributed by atoms with Crippen molar-refractivity contribution in [3.63, 3.8) is 0 Å². The van der Waals surface area contributed by atoms with E-state index in [0.29, 0.717) is 12.0 Å². The van der Waals surface area contributed by atoms with E-state index in [1.807, 2.05) is 29.3 Å². The van der Waals surface area contributed by atoms with Crippen LogP contribution in [0.15, 0.2) is 42.6 Å². The molecule has 0 bridgehead atoms. The normalized spacial score (nSPS) is 20.2. The highest BCUT2D eigenvalue weighted by Gasteiger charge is 2.31. The van der Waals surface area contributed by atoms with E-state index >= 15 is 0 Å². The molecule has 1 atom stereocenters. The molecule has 1 unspecified atom stereocenters. The molecule has 2 saturated heterocycles. The van der Waals surface area contributed by atoms with Gasteiger partial charge >= 0.3 is 0 Å². The van der Waals surface area contributed by atoms with E-state index in [4.69, 9.17) is 4.98 Å². The quantitative estimate of drug-likeness (QED) is 0.661. The molecule has 4 heterocycles. The first-order valence-electron chi connectivity index (χ1n) is 12.0. The Labute approximate surface area is 190 Å². The van der Waals surface area contributed by atoms with Gasteiger partial charge in [-0.1, -0.05) is 12.1 Å². The van der Waals surface area contributed by atoms with E-state index in [-0.39, 0.29) is 11.8 Å². The fraction of sp³-hybridized carbons (Fsp3) is 0.500. The highest BCUT2D eigenvalue weighted by Crippen LogP contribution is 2.33. The van der Waals surface area contributed by atoms with Gasteiger partial charge in [-0.3, -0.25) is 9.78 Å². The number of fused-ring (bicyclic) bond motifs is 1. The first-order chi connectivity index (χ1) is 15.6. The Kier molecular flexibility index (Phi) is 5.96. The first kappa shape index (κ1) is 21.1. The number of nitrogens with one attached hydrogen (secondary N) is 1. The highest BCUT2D eigenvalue weighted by molar-refractivity contribution is 5.95. The largest absolute Gasteiger partial charge is 0.338 e. The number of aromatic nitrogens is 3. The lowest BCUT2D eigenvalue weighted by molar-refractivity contribution is 0.0700. The lowest BCUT2D eigenvalue weighted by atomic mass is 9.90. The number of benzene rings is 1. The maximum absolute atomic E-state index is 13.7. The van der Waals surface area contributed by atoms with Gasteiger partial charge in [0.05, 0.1) is 22.3 Å². The van der Waals surface area contributed by atoms with Crippen molar-refractivity contribution in [2.24, 2.45) is 0 Å². The van der Waals surface area contributed by atoms with Gasteiger partial charge in [0.2, 0.25) is 0 Å². The van der Waals surface area contributed by atoms with Crippen LogP contribution >= 0.6 is 0 Å². The first-order valence-corrected chi connectivity index (χ1v) is 12.0. The van der Waals surface area contributed by atoms with Crippen LogP contribution in [0.5, 0.6) is 0 Å². The zero-order chi connectivity index (χ0) is 22.1. The Bertz CT molecular complexity index is 1100. The summed E-state index contributed by atoms with van der Waals surface area (Å²) in [7, 11) is 0. The Hall–Kier alpha value is -2.73. The van der Waals surface area contributed by atoms with Crippen molar-refractivity contribution in [3.8, 4) is 0 Å². The van der Waals surface area contributed by atoms with Gasteiger partial charge in [0, 0.05) is 37.2 Å². The number of pyridine rings is 1. The summed E-state index contributed by atoms with van der Waals surface area (Å²) in [5, 5.41) is 3.41. The summed E-state index contributed by atoms with van der Waals surface area (Å²) in [4.78, 5) is 25.4. The highest BCUT2D eigenvalue weighted by atomic mass is 16.2. The summed E-state index contributed by atoms with van der Waals surface area (Å²) in [5.74, 6) is 1.86. The van der Waals surface area contributed by atoms with Crippen molar-refractivity contribution in [2.45, 2.75) is 57.4 Å². The molecule has 0 aliphatic carbocycles. The Morgan fingerprint density at radius 3 is 2.69 bits per heavy atom. The van der Waals surface area contributed by atoms with Gasteiger partial charge in [-0.05, 0) is 76.9 Å². The third-order valence-corrected chi connectivity index (χ3v) is 7.01. The van der Waals surface area contributed by atoms with Gasteiger partial charge in [0.25, 0.3) is 5.91 Å². The number of para-hydroxylation sites is 2. The van der Waals surface area contributed by atoms with Crippen LogP contribution in [-0.2, 0) is 0 Å². The maximum atomic E-state index is 13.7. The number of hydrogen-bond donors (Lipinski definition) is 1. The zero-order valence-electron chi connectivity index (χ0n) is 19.1. The van der Waals surface area contributed by atoms with E-state index in [1.54, 1.807) is 0 Å². The molecule has 2 fully saturated rings. The van der Waals surface area contributed by atoms with Crippen LogP contribution in [0.4, 0.5) is 0 Å². The van der Waals surface area contributed by atoms with Gasteiger partial charge in [-0.25, -0.2) is 4.98 Å². The van der Waals surface area contributed by atoms with Crippen LogP contribution in [-0.4, -0.2) is 51.5 Å². The number of imidazole rings is 1. The number of nitrogens with zero attached hydrogens (tertiary/aromatic N) is 4. The van der Waals surface area contributed by atoms with Crippen molar-refractivity contribution in [1.82, 2.24) is 24.8 Å². The molecule has 2 aliphatic heterocycles. The summed E-state index contributed by atoms with van der Waals surface area (Å²) in [5.41, 5.74) is 3.99. The molecule has 0 spiro atoms. The number of hydrogen-bond acceptors (Lipinski definition) is 4. The molecule has 168 valence electrons. The van der Waals surface area contributed by atoms with Crippen LogP contribution in [0.3, 0.4) is 0 Å². The van der Waals surface area contributed by atoms with Crippen molar-refractivity contribution in [2.75, 3.05) is 26.2 Å². The Morgan fingerprint density at radius 2 is 1.88 bits per heavy atom. The van der Waals surface area contributed by atoms with Crippen molar-refractivity contribution in [3.05, 3.63) is 59.7 Å². The summed E-state index contributed by atoms with van der Waals surface area (Å²) >= 11 is 0. The third-order valence-electron chi connectivity index (χ3n) is 7.01. The minimum Gasteiger partial charge on any atom is -0.338 e. The predicted molar refractivity (Wildman–Crippen MR) is 127 cm³/mol. The standard InChI is InChI=1S/C26H33N5O/c1-18(2)31-23-10-4-3-9-22(23)29-25(31)20-7-6-16-30(17-20)26(32)21-8-5-13-28-24(21)19-11-14-27-15-12-19/h3-5,8-10,13,18-20,27H,6-7,11-12,14-17H2,1-2H3. The summed E-state index contributed by atoms with van der Waals surface area (Å²) in [6.07, 6.45) is 5.98. The van der Waals surface area contributed by atoms with Crippen molar-refractivity contribution < 1.29 is 4.79 Å². The molecule has 6 heteroatoms. The topological polar surface area (TPSA) is 63.1 Å². The van der Waals surface area contributed by atoms with E-state index in [0.717, 1.165) is 74.5 Å². The number of piperidine rings is 2. The van der Waals surface area contributed by atoms with Crippen molar-refractivity contribution in [1.29, 1.82) is 0 Å².